The summed E-state index contributed by atoms with van der Waals surface area (Å²) in [5, 5.41) is 23.8. The quantitative estimate of drug-likeness (QED) is 0.786. The summed E-state index contributed by atoms with van der Waals surface area (Å²) in [4.78, 5) is 0. The fourth-order valence-electron chi connectivity index (χ4n) is 3.25. The molecule has 0 spiro atoms. The molecule has 122 valence electrons. The molecule has 2 aromatic carbocycles. The van der Waals surface area contributed by atoms with E-state index in [4.69, 9.17) is 11.6 Å². The lowest BCUT2D eigenvalue weighted by Gasteiger charge is -2.25. The topological polar surface area (TPSA) is 52.5 Å². The van der Waals surface area contributed by atoms with E-state index < -0.39 is 6.10 Å². The third kappa shape index (κ3) is 4.25. The molecule has 23 heavy (non-hydrogen) atoms. The molecule has 1 aliphatic rings. The Balaban J connectivity index is 1.49. The Kier molecular flexibility index (Phi) is 5.21. The SMILES string of the molecule is Oc1ccc2c(c1)CCC(CNCC(O)c1cccc(Cl)c1)C2. The summed E-state index contributed by atoms with van der Waals surface area (Å²) in [5.41, 5.74) is 3.44. The Bertz CT molecular complexity index is 674. The highest BCUT2D eigenvalue weighted by Crippen LogP contribution is 2.28. The molecule has 4 heteroatoms. The van der Waals surface area contributed by atoms with Crippen molar-refractivity contribution in [3.63, 3.8) is 0 Å². The second kappa shape index (κ2) is 7.35. The summed E-state index contributed by atoms with van der Waals surface area (Å²) >= 11 is 5.95. The molecule has 1 aliphatic carbocycles. The van der Waals surface area contributed by atoms with Crippen LogP contribution in [0.15, 0.2) is 42.5 Å². The standard InChI is InChI=1S/C19H22ClNO2/c20-17-3-1-2-16(9-17)19(23)12-21-11-13-4-5-15-10-18(22)7-6-14(15)8-13/h1-3,6-7,9-10,13,19,21-23H,4-5,8,11-12H2. The highest BCUT2D eigenvalue weighted by molar-refractivity contribution is 6.30. The second-order valence-corrected chi connectivity index (χ2v) is 6.73. The monoisotopic (exact) mass is 331 g/mol. The molecule has 2 atom stereocenters. The van der Waals surface area contributed by atoms with Gasteiger partial charge in [0.1, 0.15) is 5.75 Å². The van der Waals surface area contributed by atoms with Crippen LogP contribution in [0.2, 0.25) is 5.02 Å². The van der Waals surface area contributed by atoms with Crippen LogP contribution in [-0.2, 0) is 12.8 Å². The van der Waals surface area contributed by atoms with Crippen molar-refractivity contribution in [1.82, 2.24) is 5.32 Å². The molecule has 0 fully saturated rings. The zero-order chi connectivity index (χ0) is 16.2. The van der Waals surface area contributed by atoms with Crippen molar-refractivity contribution in [3.05, 3.63) is 64.2 Å². The lowest BCUT2D eigenvalue weighted by molar-refractivity contribution is 0.172. The average Bonchev–Trinajstić information content (AvgIpc) is 2.55. The van der Waals surface area contributed by atoms with Gasteiger partial charge in [0.15, 0.2) is 0 Å². The van der Waals surface area contributed by atoms with Crippen molar-refractivity contribution >= 4 is 11.6 Å². The van der Waals surface area contributed by atoms with Crippen LogP contribution in [0.5, 0.6) is 5.75 Å². The average molecular weight is 332 g/mol. The third-order valence-corrected chi connectivity index (χ3v) is 4.76. The van der Waals surface area contributed by atoms with Gasteiger partial charge in [0.2, 0.25) is 0 Å². The Labute approximate surface area is 141 Å². The molecule has 3 rings (SSSR count). The summed E-state index contributed by atoms with van der Waals surface area (Å²) in [6.45, 7) is 1.41. The number of hydrogen-bond acceptors (Lipinski definition) is 3. The van der Waals surface area contributed by atoms with Gasteiger partial charge < -0.3 is 15.5 Å². The predicted octanol–water partition coefficient (Wildman–Crippen LogP) is 3.47. The van der Waals surface area contributed by atoms with E-state index in [0.717, 1.165) is 31.4 Å². The van der Waals surface area contributed by atoms with Crippen LogP contribution in [0.4, 0.5) is 0 Å². The van der Waals surface area contributed by atoms with Gasteiger partial charge >= 0.3 is 0 Å². The Hall–Kier alpha value is -1.55. The number of phenols is 1. The zero-order valence-electron chi connectivity index (χ0n) is 13.0. The lowest BCUT2D eigenvalue weighted by Crippen LogP contribution is -2.30. The smallest absolute Gasteiger partial charge is 0.115 e. The second-order valence-electron chi connectivity index (χ2n) is 6.29. The fourth-order valence-corrected chi connectivity index (χ4v) is 3.45. The number of aliphatic hydroxyl groups is 1. The highest BCUT2D eigenvalue weighted by atomic mass is 35.5. The molecule has 0 amide bonds. The first-order valence-corrected chi connectivity index (χ1v) is 8.44. The number of fused-ring (bicyclic) bond motifs is 1. The molecule has 0 aliphatic heterocycles. The Morgan fingerprint density at radius 2 is 2.04 bits per heavy atom. The molecule has 3 N–H and O–H groups in total. The third-order valence-electron chi connectivity index (χ3n) is 4.52. The predicted molar refractivity (Wildman–Crippen MR) is 92.9 cm³/mol. The van der Waals surface area contributed by atoms with Crippen molar-refractivity contribution in [2.45, 2.75) is 25.4 Å². The van der Waals surface area contributed by atoms with E-state index in [1.807, 2.05) is 30.3 Å². The van der Waals surface area contributed by atoms with Crippen LogP contribution < -0.4 is 5.32 Å². The highest BCUT2D eigenvalue weighted by Gasteiger charge is 2.19. The minimum Gasteiger partial charge on any atom is -0.508 e. The van der Waals surface area contributed by atoms with Gasteiger partial charge in [-0.05, 0) is 72.7 Å². The van der Waals surface area contributed by atoms with Gasteiger partial charge in [-0.25, -0.2) is 0 Å². The maximum Gasteiger partial charge on any atom is 0.115 e. The summed E-state index contributed by atoms with van der Waals surface area (Å²) < 4.78 is 0. The van der Waals surface area contributed by atoms with E-state index in [-0.39, 0.29) is 0 Å². The fraction of sp³-hybridized carbons (Fsp3) is 0.368. The molecule has 0 bridgehead atoms. The van der Waals surface area contributed by atoms with Gasteiger partial charge in [0.25, 0.3) is 0 Å². The minimum atomic E-state index is -0.540. The summed E-state index contributed by atoms with van der Waals surface area (Å²) in [7, 11) is 0. The van der Waals surface area contributed by atoms with E-state index in [1.54, 1.807) is 12.1 Å². The first-order valence-electron chi connectivity index (χ1n) is 8.07. The number of aromatic hydroxyl groups is 1. The molecule has 2 aromatic rings. The summed E-state index contributed by atoms with van der Waals surface area (Å²) in [5.74, 6) is 0.920. The first-order chi connectivity index (χ1) is 11.1. The minimum absolute atomic E-state index is 0.352. The maximum atomic E-state index is 10.2. The number of benzene rings is 2. The molecule has 3 nitrogen and oxygen atoms in total. The van der Waals surface area contributed by atoms with E-state index in [9.17, 15) is 10.2 Å². The van der Waals surface area contributed by atoms with E-state index in [0.29, 0.717) is 23.2 Å². The van der Waals surface area contributed by atoms with Crippen molar-refractivity contribution in [2.75, 3.05) is 13.1 Å². The van der Waals surface area contributed by atoms with Crippen molar-refractivity contribution < 1.29 is 10.2 Å². The van der Waals surface area contributed by atoms with Crippen molar-refractivity contribution in [3.8, 4) is 5.75 Å². The molecule has 0 heterocycles. The van der Waals surface area contributed by atoms with Gasteiger partial charge in [-0.1, -0.05) is 29.8 Å². The molecule has 0 saturated heterocycles. The van der Waals surface area contributed by atoms with Gasteiger partial charge in [-0.2, -0.15) is 0 Å². The molecule has 0 radical (unpaired) electrons. The number of rotatable bonds is 5. The van der Waals surface area contributed by atoms with E-state index in [2.05, 4.69) is 5.32 Å². The molecular formula is C19H22ClNO2. The summed E-state index contributed by atoms with van der Waals surface area (Å²) in [6.07, 6.45) is 2.60. The molecular weight excluding hydrogens is 310 g/mol. The number of hydrogen-bond donors (Lipinski definition) is 3. The van der Waals surface area contributed by atoms with E-state index in [1.165, 1.54) is 11.1 Å². The van der Waals surface area contributed by atoms with Crippen LogP contribution in [0.3, 0.4) is 0 Å². The number of aliphatic hydroxyl groups excluding tert-OH is 1. The van der Waals surface area contributed by atoms with Gasteiger partial charge in [-0.3, -0.25) is 0 Å². The van der Waals surface area contributed by atoms with Crippen molar-refractivity contribution in [2.24, 2.45) is 5.92 Å². The Morgan fingerprint density at radius 3 is 2.87 bits per heavy atom. The normalized spacial score (nSPS) is 18.4. The van der Waals surface area contributed by atoms with Crippen LogP contribution in [0.1, 0.15) is 29.2 Å². The number of nitrogens with one attached hydrogen (secondary N) is 1. The van der Waals surface area contributed by atoms with Gasteiger partial charge in [-0.15, -0.1) is 0 Å². The molecule has 0 aromatic heterocycles. The Morgan fingerprint density at radius 1 is 1.17 bits per heavy atom. The summed E-state index contributed by atoms with van der Waals surface area (Å²) in [6, 6.07) is 13.0. The number of aryl methyl sites for hydroxylation is 1. The van der Waals surface area contributed by atoms with Crippen LogP contribution >= 0.6 is 11.6 Å². The van der Waals surface area contributed by atoms with Gasteiger partial charge in [0.05, 0.1) is 6.10 Å². The van der Waals surface area contributed by atoms with Crippen LogP contribution in [0.25, 0.3) is 0 Å². The van der Waals surface area contributed by atoms with Crippen LogP contribution in [-0.4, -0.2) is 23.3 Å². The van der Waals surface area contributed by atoms with Crippen molar-refractivity contribution in [1.29, 1.82) is 0 Å². The number of halogens is 1. The molecule has 0 saturated carbocycles. The zero-order valence-corrected chi connectivity index (χ0v) is 13.8. The lowest BCUT2D eigenvalue weighted by atomic mass is 9.84. The van der Waals surface area contributed by atoms with Gasteiger partial charge in [0, 0.05) is 11.6 Å². The number of phenolic OH excluding ortho intramolecular Hbond substituents is 1. The van der Waals surface area contributed by atoms with E-state index >= 15 is 0 Å². The first kappa shape index (κ1) is 16.3. The maximum absolute atomic E-state index is 10.2. The van der Waals surface area contributed by atoms with Crippen LogP contribution in [0, 0.1) is 5.92 Å². The molecule has 2 unspecified atom stereocenters. The largest absolute Gasteiger partial charge is 0.508 e.